The van der Waals surface area contributed by atoms with Gasteiger partial charge in [0.1, 0.15) is 11.3 Å². The van der Waals surface area contributed by atoms with Gasteiger partial charge in [0, 0.05) is 18.2 Å². The summed E-state index contributed by atoms with van der Waals surface area (Å²) in [5.41, 5.74) is 0.754. The summed E-state index contributed by atoms with van der Waals surface area (Å²) in [4.78, 5) is 29.5. The number of anilines is 1. The summed E-state index contributed by atoms with van der Waals surface area (Å²) < 4.78 is 0. The zero-order valence-electron chi connectivity index (χ0n) is 16.0. The molecular formula is C19H25N3O5. The van der Waals surface area contributed by atoms with Gasteiger partial charge >= 0.3 is 0 Å². The second-order valence-electron chi connectivity index (χ2n) is 8.13. The number of rotatable bonds is 5. The Morgan fingerprint density at radius 1 is 1.44 bits per heavy atom. The zero-order chi connectivity index (χ0) is 20.0. The molecule has 146 valence electrons. The van der Waals surface area contributed by atoms with E-state index in [0.29, 0.717) is 5.69 Å². The molecule has 2 bridgehead atoms. The number of nitrogens with one attached hydrogen (secondary N) is 1. The molecule has 4 rings (SSSR count). The van der Waals surface area contributed by atoms with Crippen LogP contribution in [0.25, 0.3) is 0 Å². The van der Waals surface area contributed by atoms with Crippen LogP contribution in [0.3, 0.4) is 0 Å². The van der Waals surface area contributed by atoms with Gasteiger partial charge in [0.15, 0.2) is 0 Å². The molecule has 1 aliphatic carbocycles. The standard InChI is InChI=1S/C19H25N3O5/c1-12-10-19(4)11-18(2,3)16(12)21(27-19)14-6-5-13(9-15(14)22(25)26)17(24)20-7-8-23/h5-6,9-10,16,23H,7-8,11H2,1-4H3,(H,20,24)/t16-,19+/m1/s1. The number of aliphatic hydroxyl groups excluding tert-OH is 1. The highest BCUT2D eigenvalue weighted by atomic mass is 16.7. The number of nitro benzene ring substituents is 1. The Morgan fingerprint density at radius 3 is 2.70 bits per heavy atom. The van der Waals surface area contributed by atoms with Gasteiger partial charge < -0.3 is 10.4 Å². The van der Waals surface area contributed by atoms with Crippen molar-refractivity contribution in [2.45, 2.75) is 45.8 Å². The summed E-state index contributed by atoms with van der Waals surface area (Å²) >= 11 is 0. The van der Waals surface area contributed by atoms with E-state index in [1.165, 1.54) is 12.1 Å². The molecule has 0 spiro atoms. The fourth-order valence-corrected chi connectivity index (χ4v) is 4.52. The molecule has 2 N–H and O–H groups in total. The SMILES string of the molecule is CC1=C[C@@]2(C)CC(C)(C)[C@@H]1N(c1ccc(C(=O)NCCO)cc1[N+](=O)[O-])O2. The Labute approximate surface area is 157 Å². The van der Waals surface area contributed by atoms with E-state index in [4.69, 9.17) is 9.94 Å². The molecule has 2 heterocycles. The van der Waals surface area contributed by atoms with Gasteiger partial charge in [0.2, 0.25) is 0 Å². The summed E-state index contributed by atoms with van der Waals surface area (Å²) in [5.74, 6) is -0.469. The summed E-state index contributed by atoms with van der Waals surface area (Å²) in [7, 11) is 0. The van der Waals surface area contributed by atoms with E-state index in [-0.39, 0.29) is 35.9 Å². The number of carbonyl (C=O) groups excluding carboxylic acids is 1. The molecular weight excluding hydrogens is 350 g/mol. The molecule has 1 aromatic carbocycles. The summed E-state index contributed by atoms with van der Waals surface area (Å²) in [6, 6.07) is 4.21. The first-order chi connectivity index (χ1) is 12.6. The summed E-state index contributed by atoms with van der Waals surface area (Å²) in [5, 5.41) is 24.7. The zero-order valence-corrected chi connectivity index (χ0v) is 16.0. The predicted molar refractivity (Wildman–Crippen MR) is 100 cm³/mol. The molecule has 0 unspecified atom stereocenters. The first-order valence-corrected chi connectivity index (χ1v) is 8.93. The van der Waals surface area contributed by atoms with Gasteiger partial charge in [-0.3, -0.25) is 19.7 Å². The van der Waals surface area contributed by atoms with E-state index in [2.05, 4.69) is 25.2 Å². The van der Waals surface area contributed by atoms with Gasteiger partial charge in [-0.2, -0.15) is 0 Å². The number of nitro groups is 1. The smallest absolute Gasteiger partial charge is 0.295 e. The van der Waals surface area contributed by atoms with Crippen molar-refractivity contribution < 1.29 is 19.7 Å². The molecule has 1 aromatic rings. The normalized spacial score (nSPS) is 25.9. The van der Waals surface area contributed by atoms with Crippen LogP contribution in [0.15, 0.2) is 29.8 Å². The van der Waals surface area contributed by atoms with Crippen LogP contribution in [0.4, 0.5) is 11.4 Å². The van der Waals surface area contributed by atoms with Crippen molar-refractivity contribution >= 4 is 17.3 Å². The van der Waals surface area contributed by atoms with Crippen molar-refractivity contribution in [1.29, 1.82) is 0 Å². The van der Waals surface area contributed by atoms with Gasteiger partial charge in [-0.15, -0.1) is 0 Å². The average molecular weight is 375 g/mol. The number of fused-ring (bicyclic) bond motifs is 2. The van der Waals surface area contributed by atoms with Crippen molar-refractivity contribution in [2.75, 3.05) is 18.2 Å². The third-order valence-corrected chi connectivity index (χ3v) is 5.12. The Morgan fingerprint density at radius 2 is 2.15 bits per heavy atom. The van der Waals surface area contributed by atoms with Crippen molar-refractivity contribution in [3.05, 3.63) is 45.5 Å². The largest absolute Gasteiger partial charge is 0.395 e. The quantitative estimate of drug-likeness (QED) is 0.466. The average Bonchev–Trinajstić information content (AvgIpc) is 2.56. The molecule has 0 saturated carbocycles. The maximum Gasteiger partial charge on any atom is 0.295 e. The molecule has 1 amide bonds. The van der Waals surface area contributed by atoms with Crippen molar-refractivity contribution in [1.82, 2.24) is 5.32 Å². The maximum atomic E-state index is 12.1. The lowest BCUT2D eigenvalue weighted by molar-refractivity contribution is -0.384. The number of carbonyl (C=O) groups is 1. The third-order valence-electron chi connectivity index (χ3n) is 5.12. The maximum absolute atomic E-state index is 12.1. The van der Waals surface area contributed by atoms with Crippen LogP contribution in [-0.4, -0.2) is 40.7 Å². The van der Waals surface area contributed by atoms with Crippen LogP contribution in [0, 0.1) is 15.5 Å². The second-order valence-corrected chi connectivity index (χ2v) is 8.13. The number of hydrogen-bond acceptors (Lipinski definition) is 6. The van der Waals surface area contributed by atoms with E-state index in [9.17, 15) is 14.9 Å². The molecule has 8 heteroatoms. The van der Waals surface area contributed by atoms with Crippen molar-refractivity contribution in [3.8, 4) is 0 Å². The van der Waals surface area contributed by atoms with Gasteiger partial charge in [0.05, 0.1) is 17.6 Å². The lowest BCUT2D eigenvalue weighted by Crippen LogP contribution is -2.61. The van der Waals surface area contributed by atoms with E-state index in [0.717, 1.165) is 12.0 Å². The number of hydroxylamine groups is 1. The molecule has 2 aliphatic heterocycles. The van der Waals surface area contributed by atoms with Crippen LogP contribution in [0.5, 0.6) is 0 Å². The predicted octanol–water partition coefficient (Wildman–Crippen LogP) is 2.57. The first kappa shape index (κ1) is 19.3. The molecule has 27 heavy (non-hydrogen) atoms. The molecule has 3 aliphatic rings. The fourth-order valence-electron chi connectivity index (χ4n) is 4.52. The number of amides is 1. The van der Waals surface area contributed by atoms with Gasteiger partial charge in [-0.1, -0.05) is 13.8 Å². The van der Waals surface area contributed by atoms with E-state index in [1.54, 1.807) is 11.1 Å². The van der Waals surface area contributed by atoms with Gasteiger partial charge in [-0.05, 0) is 49.5 Å². The lowest BCUT2D eigenvalue weighted by atomic mass is 9.66. The highest BCUT2D eigenvalue weighted by Gasteiger charge is 2.53. The highest BCUT2D eigenvalue weighted by Crippen LogP contribution is 2.52. The Bertz CT molecular complexity index is 820. The summed E-state index contributed by atoms with van der Waals surface area (Å²) in [6.45, 7) is 8.14. The van der Waals surface area contributed by atoms with Gasteiger partial charge in [-0.25, -0.2) is 5.06 Å². The first-order valence-electron chi connectivity index (χ1n) is 8.93. The minimum absolute atomic E-state index is 0.0855. The second kappa shape index (κ2) is 6.61. The molecule has 1 fully saturated rings. The van der Waals surface area contributed by atoms with Crippen LogP contribution < -0.4 is 10.4 Å². The van der Waals surface area contributed by atoms with Crippen molar-refractivity contribution in [3.63, 3.8) is 0 Å². The minimum atomic E-state index is -0.534. The Hall–Kier alpha value is -2.45. The molecule has 0 aromatic heterocycles. The molecule has 1 saturated heterocycles. The fraction of sp³-hybridized carbons (Fsp3) is 0.526. The molecule has 0 radical (unpaired) electrons. The molecule has 8 nitrogen and oxygen atoms in total. The number of hydrogen-bond donors (Lipinski definition) is 2. The highest BCUT2D eigenvalue weighted by molar-refractivity contribution is 5.95. The molecule has 2 atom stereocenters. The lowest BCUT2D eigenvalue weighted by Gasteiger charge is -2.57. The van der Waals surface area contributed by atoms with Crippen LogP contribution in [0.1, 0.15) is 44.5 Å². The number of aliphatic hydroxyl groups is 1. The monoisotopic (exact) mass is 375 g/mol. The Kier molecular flexibility index (Phi) is 4.73. The van der Waals surface area contributed by atoms with E-state index < -0.39 is 16.4 Å². The topological polar surface area (TPSA) is 105 Å². The van der Waals surface area contributed by atoms with E-state index >= 15 is 0 Å². The number of nitrogens with zero attached hydrogens (tertiary/aromatic N) is 2. The Balaban J connectivity index is 2.03. The van der Waals surface area contributed by atoms with Crippen LogP contribution in [-0.2, 0) is 4.84 Å². The third kappa shape index (κ3) is 3.42. The van der Waals surface area contributed by atoms with Gasteiger partial charge in [0.25, 0.3) is 11.6 Å². The summed E-state index contributed by atoms with van der Waals surface area (Å²) in [6.07, 6.45) is 2.90. The van der Waals surface area contributed by atoms with Crippen LogP contribution in [0.2, 0.25) is 0 Å². The number of benzene rings is 1. The van der Waals surface area contributed by atoms with E-state index in [1.807, 2.05) is 13.8 Å². The van der Waals surface area contributed by atoms with Crippen molar-refractivity contribution in [2.24, 2.45) is 5.41 Å². The minimum Gasteiger partial charge on any atom is -0.395 e. The van der Waals surface area contributed by atoms with Crippen LogP contribution >= 0.6 is 0 Å².